The molecule has 3 aromatic rings. The molecule has 0 saturated carbocycles. The van der Waals surface area contributed by atoms with Crippen molar-refractivity contribution in [3.05, 3.63) is 95.6 Å². The third-order valence-electron chi connectivity index (χ3n) is 6.08. The third-order valence-corrected chi connectivity index (χ3v) is 7.22. The Hall–Kier alpha value is -3.53. The SMILES string of the molecule is CS(=O)(=O)N(Cc1ccc(C(=O)N2CCN(c3cccc(C(F)(F)F)c3)CC2)cc1)c1ccccc1. The lowest BCUT2D eigenvalue weighted by molar-refractivity contribution is -0.137. The van der Waals surface area contributed by atoms with Crippen LogP contribution in [0.15, 0.2) is 78.9 Å². The number of halogens is 3. The summed E-state index contributed by atoms with van der Waals surface area (Å²) in [6.07, 6.45) is -3.25. The van der Waals surface area contributed by atoms with Gasteiger partial charge in [-0.1, -0.05) is 36.4 Å². The molecule has 190 valence electrons. The Morgan fingerprint density at radius 3 is 2.11 bits per heavy atom. The summed E-state index contributed by atoms with van der Waals surface area (Å²) in [6, 6.07) is 20.8. The van der Waals surface area contributed by atoms with E-state index in [0.29, 0.717) is 43.1 Å². The average Bonchev–Trinajstić information content (AvgIpc) is 2.87. The minimum absolute atomic E-state index is 0.132. The highest BCUT2D eigenvalue weighted by atomic mass is 32.2. The number of anilines is 2. The molecule has 0 N–H and O–H groups in total. The van der Waals surface area contributed by atoms with Gasteiger partial charge < -0.3 is 9.80 Å². The molecule has 3 aromatic carbocycles. The lowest BCUT2D eigenvalue weighted by Gasteiger charge is -2.36. The molecule has 10 heteroatoms. The molecule has 4 rings (SSSR count). The molecule has 0 radical (unpaired) electrons. The Bertz CT molecular complexity index is 1310. The maximum atomic E-state index is 13.0. The molecule has 0 aliphatic carbocycles. The molecule has 0 unspecified atom stereocenters. The van der Waals surface area contributed by atoms with Gasteiger partial charge in [0.15, 0.2) is 0 Å². The van der Waals surface area contributed by atoms with Crippen LogP contribution in [-0.2, 0) is 22.7 Å². The summed E-state index contributed by atoms with van der Waals surface area (Å²) in [5.41, 5.74) is 1.54. The Kier molecular flexibility index (Phi) is 7.26. The Morgan fingerprint density at radius 2 is 1.53 bits per heavy atom. The molecule has 36 heavy (non-hydrogen) atoms. The van der Waals surface area contributed by atoms with E-state index in [1.807, 2.05) is 11.0 Å². The number of nitrogens with zero attached hydrogens (tertiary/aromatic N) is 3. The first-order chi connectivity index (χ1) is 17.0. The van der Waals surface area contributed by atoms with Gasteiger partial charge in [-0.25, -0.2) is 8.42 Å². The van der Waals surface area contributed by atoms with E-state index < -0.39 is 21.8 Å². The molecule has 6 nitrogen and oxygen atoms in total. The Morgan fingerprint density at radius 1 is 0.889 bits per heavy atom. The van der Waals surface area contributed by atoms with Crippen LogP contribution >= 0.6 is 0 Å². The van der Waals surface area contributed by atoms with Gasteiger partial charge in [-0.05, 0) is 48.0 Å². The van der Waals surface area contributed by atoms with Crippen molar-refractivity contribution in [2.45, 2.75) is 12.7 Å². The number of benzene rings is 3. The minimum atomic E-state index is -4.40. The zero-order valence-electron chi connectivity index (χ0n) is 19.6. The summed E-state index contributed by atoms with van der Waals surface area (Å²) in [4.78, 5) is 16.5. The molecule has 1 heterocycles. The summed E-state index contributed by atoms with van der Waals surface area (Å²) in [5.74, 6) is -0.173. The standard InChI is InChI=1S/C26H26F3N3O3S/c1-36(34,35)32(23-7-3-2-4-8-23)19-20-10-12-21(13-11-20)25(33)31-16-14-30(15-17-31)24-9-5-6-22(18-24)26(27,28)29/h2-13,18H,14-17,19H2,1H3. The Labute approximate surface area is 208 Å². The lowest BCUT2D eigenvalue weighted by Crippen LogP contribution is -2.48. The van der Waals surface area contributed by atoms with Gasteiger partial charge in [0, 0.05) is 37.4 Å². The smallest absolute Gasteiger partial charge is 0.368 e. The fourth-order valence-corrected chi connectivity index (χ4v) is 5.03. The topological polar surface area (TPSA) is 60.9 Å². The number of alkyl halides is 3. The fourth-order valence-electron chi connectivity index (χ4n) is 4.14. The van der Waals surface area contributed by atoms with Gasteiger partial charge in [-0.2, -0.15) is 13.2 Å². The van der Waals surface area contributed by atoms with Gasteiger partial charge in [-0.15, -0.1) is 0 Å². The zero-order chi connectivity index (χ0) is 25.9. The van der Waals surface area contributed by atoms with Gasteiger partial charge >= 0.3 is 6.18 Å². The molecule has 0 bridgehead atoms. The number of hydrogen-bond donors (Lipinski definition) is 0. The van der Waals surface area contributed by atoms with Crippen molar-refractivity contribution in [2.24, 2.45) is 0 Å². The van der Waals surface area contributed by atoms with E-state index in [2.05, 4.69) is 0 Å². The zero-order valence-corrected chi connectivity index (χ0v) is 20.5. The second kappa shape index (κ2) is 10.2. The molecule has 1 amide bonds. The maximum absolute atomic E-state index is 13.0. The second-order valence-corrected chi connectivity index (χ2v) is 10.5. The van der Waals surface area contributed by atoms with E-state index in [0.717, 1.165) is 24.0 Å². The molecule has 0 atom stereocenters. The first-order valence-corrected chi connectivity index (χ1v) is 13.2. The summed E-state index contributed by atoms with van der Waals surface area (Å²) in [7, 11) is -3.51. The predicted octanol–water partition coefficient (Wildman–Crippen LogP) is 4.63. The summed E-state index contributed by atoms with van der Waals surface area (Å²) >= 11 is 0. The van der Waals surface area contributed by atoms with Crippen molar-refractivity contribution in [1.82, 2.24) is 4.90 Å². The fraction of sp³-hybridized carbons (Fsp3) is 0.269. The Balaban J connectivity index is 1.39. The quantitative estimate of drug-likeness (QED) is 0.478. The first kappa shape index (κ1) is 25.6. The number of carbonyl (C=O) groups excluding carboxylic acids is 1. The van der Waals surface area contributed by atoms with E-state index in [-0.39, 0.29) is 12.5 Å². The van der Waals surface area contributed by atoms with Crippen LogP contribution in [0.5, 0.6) is 0 Å². The molecular formula is C26H26F3N3O3S. The van der Waals surface area contributed by atoms with Gasteiger partial charge in [0.25, 0.3) is 5.91 Å². The predicted molar refractivity (Wildman–Crippen MR) is 133 cm³/mol. The second-order valence-electron chi connectivity index (χ2n) is 8.63. The number of rotatable bonds is 6. The van der Waals surface area contributed by atoms with Crippen molar-refractivity contribution >= 4 is 27.3 Å². The van der Waals surface area contributed by atoms with Crippen LogP contribution in [0.4, 0.5) is 24.5 Å². The summed E-state index contributed by atoms with van der Waals surface area (Å²) in [5, 5.41) is 0. The largest absolute Gasteiger partial charge is 0.416 e. The molecule has 0 spiro atoms. The number of amides is 1. The molecular weight excluding hydrogens is 491 g/mol. The first-order valence-electron chi connectivity index (χ1n) is 11.4. The minimum Gasteiger partial charge on any atom is -0.368 e. The van der Waals surface area contributed by atoms with E-state index in [4.69, 9.17) is 0 Å². The van der Waals surface area contributed by atoms with Gasteiger partial charge in [0.2, 0.25) is 10.0 Å². The monoisotopic (exact) mass is 517 g/mol. The lowest BCUT2D eigenvalue weighted by atomic mass is 10.1. The van der Waals surface area contributed by atoms with Crippen molar-refractivity contribution in [2.75, 3.05) is 41.6 Å². The van der Waals surface area contributed by atoms with Crippen LogP contribution in [0.25, 0.3) is 0 Å². The summed E-state index contributed by atoms with van der Waals surface area (Å²) in [6.45, 7) is 1.74. The number of carbonyl (C=O) groups is 1. The van der Waals surface area contributed by atoms with E-state index in [1.165, 1.54) is 10.4 Å². The van der Waals surface area contributed by atoms with Gasteiger partial charge in [-0.3, -0.25) is 9.10 Å². The molecule has 1 saturated heterocycles. The van der Waals surface area contributed by atoms with Crippen LogP contribution in [0.1, 0.15) is 21.5 Å². The van der Waals surface area contributed by atoms with Gasteiger partial charge in [0.05, 0.1) is 24.1 Å². The van der Waals surface area contributed by atoms with E-state index in [9.17, 15) is 26.4 Å². The van der Waals surface area contributed by atoms with Crippen LogP contribution in [0.3, 0.4) is 0 Å². The molecule has 1 aliphatic heterocycles. The highest BCUT2D eigenvalue weighted by Crippen LogP contribution is 2.32. The molecule has 1 fully saturated rings. The van der Waals surface area contributed by atoms with Crippen LogP contribution in [-0.4, -0.2) is 51.7 Å². The normalized spacial score (nSPS) is 14.6. The number of para-hydroxylation sites is 1. The highest BCUT2D eigenvalue weighted by Gasteiger charge is 2.31. The van der Waals surface area contributed by atoms with E-state index in [1.54, 1.807) is 59.5 Å². The molecule has 1 aliphatic rings. The van der Waals surface area contributed by atoms with Crippen molar-refractivity contribution in [3.63, 3.8) is 0 Å². The van der Waals surface area contributed by atoms with Crippen molar-refractivity contribution in [1.29, 1.82) is 0 Å². The van der Waals surface area contributed by atoms with Crippen molar-refractivity contribution < 1.29 is 26.4 Å². The van der Waals surface area contributed by atoms with Gasteiger partial charge in [0.1, 0.15) is 0 Å². The average molecular weight is 518 g/mol. The van der Waals surface area contributed by atoms with Crippen molar-refractivity contribution in [3.8, 4) is 0 Å². The number of hydrogen-bond acceptors (Lipinski definition) is 4. The molecule has 0 aromatic heterocycles. The van der Waals surface area contributed by atoms with E-state index >= 15 is 0 Å². The number of sulfonamides is 1. The number of piperazine rings is 1. The van der Waals surface area contributed by atoms with Crippen LogP contribution in [0.2, 0.25) is 0 Å². The highest BCUT2D eigenvalue weighted by molar-refractivity contribution is 7.92. The summed E-state index contributed by atoms with van der Waals surface area (Å²) < 4.78 is 65.0. The van der Waals surface area contributed by atoms with Crippen LogP contribution < -0.4 is 9.21 Å². The third kappa shape index (κ3) is 5.99. The van der Waals surface area contributed by atoms with Crippen LogP contribution in [0, 0.1) is 0 Å². The maximum Gasteiger partial charge on any atom is 0.416 e.